The normalized spacial score (nSPS) is 32.3. The minimum Gasteiger partial charge on any atom is -0.373 e. The minimum absolute atomic E-state index is 0.0226. The van der Waals surface area contributed by atoms with Crippen molar-refractivity contribution in [1.82, 2.24) is 4.90 Å². The maximum absolute atomic E-state index is 12.7. The van der Waals surface area contributed by atoms with Crippen LogP contribution in [-0.4, -0.2) is 43.2 Å². The molecule has 0 spiro atoms. The number of hydrogen-bond acceptors (Lipinski definition) is 3. The van der Waals surface area contributed by atoms with Crippen LogP contribution in [0.25, 0.3) is 0 Å². The number of ether oxygens (including phenoxy) is 1. The lowest BCUT2D eigenvalue weighted by Gasteiger charge is -2.42. The Hall–Kier alpha value is -0.610. The van der Waals surface area contributed by atoms with Crippen LogP contribution in [0.2, 0.25) is 0 Å². The quantitative estimate of drug-likeness (QED) is 0.810. The molecular formula is C14H26N2O2. The molecule has 0 aromatic carbocycles. The molecule has 0 bridgehead atoms. The van der Waals surface area contributed by atoms with Crippen LogP contribution in [0.5, 0.6) is 0 Å². The Balaban J connectivity index is 2.01. The van der Waals surface area contributed by atoms with E-state index in [1.54, 1.807) is 0 Å². The second-order valence-electron chi connectivity index (χ2n) is 6.30. The first-order valence-electron chi connectivity index (χ1n) is 7.15. The van der Waals surface area contributed by atoms with E-state index in [4.69, 9.17) is 10.5 Å². The number of carbonyl (C=O) groups excluding carboxylic acids is 1. The molecule has 2 atom stereocenters. The van der Waals surface area contributed by atoms with Crippen LogP contribution in [0.1, 0.15) is 39.5 Å². The molecule has 1 aliphatic carbocycles. The fraction of sp³-hybridized carbons (Fsp3) is 0.929. The Morgan fingerprint density at radius 2 is 2.22 bits per heavy atom. The summed E-state index contributed by atoms with van der Waals surface area (Å²) in [4.78, 5) is 14.6. The van der Waals surface area contributed by atoms with Crippen LogP contribution in [0, 0.1) is 11.3 Å². The molecule has 4 nitrogen and oxygen atoms in total. The van der Waals surface area contributed by atoms with E-state index in [1.807, 2.05) is 4.90 Å². The molecule has 1 saturated carbocycles. The molecule has 1 heterocycles. The predicted octanol–water partition coefficient (Wildman–Crippen LogP) is 1.39. The van der Waals surface area contributed by atoms with Gasteiger partial charge in [0, 0.05) is 25.6 Å². The summed E-state index contributed by atoms with van der Waals surface area (Å²) in [5, 5.41) is 0. The van der Waals surface area contributed by atoms with Crippen LogP contribution >= 0.6 is 0 Å². The molecule has 1 amide bonds. The Bertz CT molecular complexity index is 304. The van der Waals surface area contributed by atoms with Gasteiger partial charge >= 0.3 is 0 Å². The van der Waals surface area contributed by atoms with Gasteiger partial charge in [-0.05, 0) is 18.3 Å². The van der Waals surface area contributed by atoms with E-state index in [0.29, 0.717) is 25.6 Å². The highest BCUT2D eigenvalue weighted by atomic mass is 16.5. The molecule has 0 radical (unpaired) electrons. The first kappa shape index (κ1) is 13.8. The standard InChI is InChI=1S/C14H26N2O2/c1-14(2)6-4-3-5-12(14)13(17)16-7-8-18-11(9-15)10-16/h11-12H,3-10,15H2,1-2H3. The van der Waals surface area contributed by atoms with Crippen molar-refractivity contribution in [3.63, 3.8) is 0 Å². The van der Waals surface area contributed by atoms with Gasteiger partial charge in [0.15, 0.2) is 0 Å². The molecule has 18 heavy (non-hydrogen) atoms. The molecule has 2 unspecified atom stereocenters. The van der Waals surface area contributed by atoms with Crippen molar-refractivity contribution in [3.05, 3.63) is 0 Å². The van der Waals surface area contributed by atoms with E-state index >= 15 is 0 Å². The number of amides is 1. The van der Waals surface area contributed by atoms with Gasteiger partial charge in [-0.3, -0.25) is 4.79 Å². The first-order valence-corrected chi connectivity index (χ1v) is 7.15. The average Bonchev–Trinajstić information content (AvgIpc) is 2.37. The first-order chi connectivity index (χ1) is 8.54. The lowest BCUT2D eigenvalue weighted by Crippen LogP contribution is -2.52. The minimum atomic E-state index is 0.0226. The molecule has 2 fully saturated rings. The number of rotatable bonds is 2. The van der Waals surface area contributed by atoms with E-state index in [-0.39, 0.29) is 17.4 Å². The summed E-state index contributed by atoms with van der Waals surface area (Å²) >= 11 is 0. The fourth-order valence-corrected chi connectivity index (χ4v) is 3.23. The number of morpholine rings is 1. The van der Waals surface area contributed by atoms with Crippen LogP contribution in [0.15, 0.2) is 0 Å². The second kappa shape index (κ2) is 5.57. The fourth-order valence-electron chi connectivity index (χ4n) is 3.23. The third-order valence-electron chi connectivity index (χ3n) is 4.52. The van der Waals surface area contributed by atoms with E-state index in [2.05, 4.69) is 13.8 Å². The second-order valence-corrected chi connectivity index (χ2v) is 6.30. The SMILES string of the molecule is CC1(C)CCCCC1C(=O)N1CCOC(CN)C1. The molecule has 1 aliphatic heterocycles. The number of nitrogens with zero attached hydrogens (tertiary/aromatic N) is 1. The third-order valence-corrected chi connectivity index (χ3v) is 4.52. The summed E-state index contributed by atoms with van der Waals surface area (Å²) in [5.74, 6) is 0.504. The van der Waals surface area contributed by atoms with Gasteiger partial charge in [0.25, 0.3) is 0 Å². The van der Waals surface area contributed by atoms with Gasteiger partial charge in [0.2, 0.25) is 5.91 Å². The highest BCUT2D eigenvalue weighted by Gasteiger charge is 2.40. The van der Waals surface area contributed by atoms with Gasteiger partial charge < -0.3 is 15.4 Å². The van der Waals surface area contributed by atoms with Gasteiger partial charge in [-0.2, -0.15) is 0 Å². The Morgan fingerprint density at radius 1 is 1.44 bits per heavy atom. The van der Waals surface area contributed by atoms with Crippen molar-refractivity contribution in [2.45, 2.75) is 45.6 Å². The van der Waals surface area contributed by atoms with Gasteiger partial charge in [0.05, 0.1) is 12.7 Å². The molecule has 4 heteroatoms. The molecule has 2 aliphatic rings. The highest BCUT2D eigenvalue weighted by molar-refractivity contribution is 5.79. The molecule has 2 N–H and O–H groups in total. The summed E-state index contributed by atoms with van der Waals surface area (Å²) in [6, 6.07) is 0. The summed E-state index contributed by atoms with van der Waals surface area (Å²) in [7, 11) is 0. The maximum Gasteiger partial charge on any atom is 0.226 e. The molecule has 1 saturated heterocycles. The van der Waals surface area contributed by atoms with Crippen molar-refractivity contribution in [3.8, 4) is 0 Å². The highest BCUT2D eigenvalue weighted by Crippen LogP contribution is 2.41. The monoisotopic (exact) mass is 254 g/mol. The number of nitrogens with two attached hydrogens (primary N) is 1. The zero-order chi connectivity index (χ0) is 13.2. The largest absolute Gasteiger partial charge is 0.373 e. The van der Waals surface area contributed by atoms with E-state index in [9.17, 15) is 4.79 Å². The molecule has 0 aromatic heterocycles. The lowest BCUT2D eigenvalue weighted by molar-refractivity contribution is -0.148. The van der Waals surface area contributed by atoms with Crippen LogP contribution in [0.3, 0.4) is 0 Å². The zero-order valence-corrected chi connectivity index (χ0v) is 11.7. The average molecular weight is 254 g/mol. The summed E-state index contributed by atoms with van der Waals surface area (Å²) in [6.45, 7) is 6.98. The maximum atomic E-state index is 12.7. The van der Waals surface area contributed by atoms with Crippen molar-refractivity contribution >= 4 is 5.91 Å². The van der Waals surface area contributed by atoms with Gasteiger partial charge in [-0.1, -0.05) is 26.7 Å². The van der Waals surface area contributed by atoms with Gasteiger partial charge in [-0.15, -0.1) is 0 Å². The van der Waals surface area contributed by atoms with E-state index < -0.39 is 0 Å². The Labute approximate surface area is 110 Å². The summed E-state index contributed by atoms with van der Waals surface area (Å²) < 4.78 is 5.53. The summed E-state index contributed by atoms with van der Waals surface area (Å²) in [6.07, 6.45) is 4.66. The number of hydrogen-bond donors (Lipinski definition) is 1. The number of carbonyl (C=O) groups is 1. The molecule has 104 valence electrons. The topological polar surface area (TPSA) is 55.6 Å². The van der Waals surface area contributed by atoms with Crippen LogP contribution < -0.4 is 5.73 Å². The van der Waals surface area contributed by atoms with E-state index in [1.165, 1.54) is 12.8 Å². The zero-order valence-electron chi connectivity index (χ0n) is 11.7. The predicted molar refractivity (Wildman–Crippen MR) is 71.1 cm³/mol. The van der Waals surface area contributed by atoms with Crippen molar-refractivity contribution in [2.24, 2.45) is 17.1 Å². The van der Waals surface area contributed by atoms with Crippen molar-refractivity contribution in [1.29, 1.82) is 0 Å². The Morgan fingerprint density at radius 3 is 2.89 bits per heavy atom. The smallest absolute Gasteiger partial charge is 0.226 e. The lowest BCUT2D eigenvalue weighted by atomic mass is 9.68. The molecule has 2 rings (SSSR count). The van der Waals surface area contributed by atoms with Gasteiger partial charge in [-0.25, -0.2) is 0 Å². The third kappa shape index (κ3) is 2.86. The van der Waals surface area contributed by atoms with Crippen LogP contribution in [0.4, 0.5) is 0 Å². The van der Waals surface area contributed by atoms with Crippen molar-refractivity contribution in [2.75, 3.05) is 26.2 Å². The molecular weight excluding hydrogens is 228 g/mol. The molecule has 0 aromatic rings. The van der Waals surface area contributed by atoms with E-state index in [0.717, 1.165) is 19.4 Å². The van der Waals surface area contributed by atoms with Gasteiger partial charge in [0.1, 0.15) is 0 Å². The van der Waals surface area contributed by atoms with Crippen LogP contribution in [-0.2, 0) is 9.53 Å². The summed E-state index contributed by atoms with van der Waals surface area (Å²) in [5.41, 5.74) is 5.78. The van der Waals surface area contributed by atoms with Crippen molar-refractivity contribution < 1.29 is 9.53 Å². The Kier molecular flexibility index (Phi) is 4.28.